The fourth-order valence-corrected chi connectivity index (χ4v) is 4.07. The number of hydrogen-bond donors (Lipinski definition) is 2. The van der Waals surface area contributed by atoms with Crippen LogP contribution in [0, 0.1) is 0 Å². The van der Waals surface area contributed by atoms with Crippen molar-refractivity contribution in [3.63, 3.8) is 0 Å². The SMILES string of the molecule is CC(Nc1ccc(NS(C)(=O)=O)cc1)c1sccc1Br. The maximum atomic E-state index is 11.1. The first-order chi connectivity index (χ1) is 9.35. The first-order valence-electron chi connectivity index (χ1n) is 5.92. The summed E-state index contributed by atoms with van der Waals surface area (Å²) in [5, 5.41) is 5.42. The number of rotatable bonds is 5. The van der Waals surface area contributed by atoms with Gasteiger partial charge in [-0.3, -0.25) is 4.72 Å². The van der Waals surface area contributed by atoms with Crippen molar-refractivity contribution in [2.75, 3.05) is 16.3 Å². The Morgan fingerprint density at radius 2 is 1.75 bits per heavy atom. The van der Waals surface area contributed by atoms with Crippen LogP contribution < -0.4 is 10.0 Å². The molecule has 2 N–H and O–H groups in total. The molecule has 2 rings (SSSR count). The molecule has 0 aliphatic rings. The lowest BCUT2D eigenvalue weighted by Crippen LogP contribution is -2.09. The van der Waals surface area contributed by atoms with Crippen molar-refractivity contribution < 1.29 is 8.42 Å². The van der Waals surface area contributed by atoms with Crippen LogP contribution in [0.25, 0.3) is 0 Å². The summed E-state index contributed by atoms with van der Waals surface area (Å²) in [4.78, 5) is 1.23. The van der Waals surface area contributed by atoms with Crippen LogP contribution in [0.3, 0.4) is 0 Å². The number of nitrogens with one attached hydrogen (secondary N) is 2. The highest BCUT2D eigenvalue weighted by atomic mass is 79.9. The molecule has 0 aliphatic carbocycles. The van der Waals surface area contributed by atoms with Gasteiger partial charge in [0.1, 0.15) is 0 Å². The zero-order valence-electron chi connectivity index (χ0n) is 11.1. The van der Waals surface area contributed by atoms with Crippen molar-refractivity contribution in [3.8, 4) is 0 Å². The van der Waals surface area contributed by atoms with Crippen LogP contribution in [0.1, 0.15) is 17.8 Å². The first kappa shape index (κ1) is 15.3. The van der Waals surface area contributed by atoms with E-state index >= 15 is 0 Å². The largest absolute Gasteiger partial charge is 0.378 e. The molecule has 20 heavy (non-hydrogen) atoms. The van der Waals surface area contributed by atoms with E-state index in [1.807, 2.05) is 23.6 Å². The molecule has 0 saturated heterocycles. The standard InChI is InChI=1S/C13H15BrN2O2S2/c1-9(13-12(14)7-8-19-13)15-10-3-5-11(6-4-10)16-20(2,17)18/h3-9,15-16H,1-2H3. The molecule has 0 saturated carbocycles. The number of halogens is 1. The molecule has 4 nitrogen and oxygen atoms in total. The third kappa shape index (κ3) is 4.22. The van der Waals surface area contributed by atoms with Gasteiger partial charge in [0, 0.05) is 20.7 Å². The number of thiophene rings is 1. The predicted octanol–water partition coefficient (Wildman–Crippen LogP) is 4.06. The summed E-state index contributed by atoms with van der Waals surface area (Å²) in [7, 11) is -3.23. The van der Waals surface area contributed by atoms with E-state index in [0.29, 0.717) is 5.69 Å². The van der Waals surface area contributed by atoms with E-state index in [1.165, 1.54) is 4.88 Å². The van der Waals surface area contributed by atoms with Crippen LogP contribution in [-0.4, -0.2) is 14.7 Å². The summed E-state index contributed by atoms with van der Waals surface area (Å²) in [5.74, 6) is 0. The van der Waals surface area contributed by atoms with Gasteiger partial charge >= 0.3 is 0 Å². The average Bonchev–Trinajstić information content (AvgIpc) is 2.76. The van der Waals surface area contributed by atoms with Crippen LogP contribution in [0.5, 0.6) is 0 Å². The average molecular weight is 375 g/mol. The normalized spacial score (nSPS) is 12.9. The van der Waals surface area contributed by atoms with Crippen LogP contribution in [-0.2, 0) is 10.0 Å². The fraction of sp³-hybridized carbons (Fsp3) is 0.231. The minimum Gasteiger partial charge on any atom is -0.378 e. The predicted molar refractivity (Wildman–Crippen MR) is 89.0 cm³/mol. The highest BCUT2D eigenvalue weighted by molar-refractivity contribution is 9.10. The number of anilines is 2. The van der Waals surface area contributed by atoms with Gasteiger partial charge in [0.05, 0.1) is 12.3 Å². The number of benzene rings is 1. The summed E-state index contributed by atoms with van der Waals surface area (Å²) in [5.41, 5.74) is 1.50. The Bertz CT molecular complexity index is 681. The molecule has 0 spiro atoms. The quantitative estimate of drug-likeness (QED) is 0.829. The van der Waals surface area contributed by atoms with Gasteiger partial charge in [-0.05, 0) is 58.6 Å². The zero-order chi connectivity index (χ0) is 14.8. The van der Waals surface area contributed by atoms with Gasteiger partial charge in [-0.25, -0.2) is 8.42 Å². The van der Waals surface area contributed by atoms with Gasteiger partial charge in [0.25, 0.3) is 0 Å². The highest BCUT2D eigenvalue weighted by Crippen LogP contribution is 2.31. The Labute approximate surface area is 131 Å². The van der Waals surface area contributed by atoms with E-state index in [1.54, 1.807) is 23.5 Å². The summed E-state index contributed by atoms with van der Waals surface area (Å²) in [6, 6.07) is 9.38. The molecular formula is C13H15BrN2O2S2. The highest BCUT2D eigenvalue weighted by Gasteiger charge is 2.10. The second kappa shape index (κ2) is 6.15. The van der Waals surface area contributed by atoms with E-state index in [-0.39, 0.29) is 6.04 Å². The molecule has 1 atom stereocenters. The molecule has 1 heterocycles. The monoisotopic (exact) mass is 374 g/mol. The molecule has 1 aromatic carbocycles. The molecule has 1 unspecified atom stereocenters. The molecule has 7 heteroatoms. The lowest BCUT2D eigenvalue weighted by Gasteiger charge is -2.15. The van der Waals surface area contributed by atoms with Gasteiger partial charge in [-0.15, -0.1) is 11.3 Å². The van der Waals surface area contributed by atoms with Crippen LogP contribution >= 0.6 is 27.3 Å². The number of sulfonamides is 1. The van der Waals surface area contributed by atoms with Gasteiger partial charge in [0.2, 0.25) is 10.0 Å². The third-order valence-electron chi connectivity index (χ3n) is 2.61. The lowest BCUT2D eigenvalue weighted by molar-refractivity contribution is 0.607. The molecule has 1 aromatic heterocycles. The first-order valence-corrected chi connectivity index (χ1v) is 9.49. The number of hydrogen-bond acceptors (Lipinski definition) is 4. The molecule has 2 aromatic rings. The summed E-state index contributed by atoms with van der Waals surface area (Å²) >= 11 is 5.21. The van der Waals surface area contributed by atoms with Crippen molar-refractivity contribution in [2.24, 2.45) is 0 Å². The molecule has 0 amide bonds. The Balaban J connectivity index is 2.06. The van der Waals surface area contributed by atoms with Crippen LogP contribution in [0.15, 0.2) is 40.2 Å². The Kier molecular flexibility index (Phi) is 4.72. The topological polar surface area (TPSA) is 58.2 Å². The maximum absolute atomic E-state index is 11.1. The van der Waals surface area contributed by atoms with E-state index < -0.39 is 10.0 Å². The van der Waals surface area contributed by atoms with E-state index in [9.17, 15) is 8.42 Å². The van der Waals surface area contributed by atoms with Crippen molar-refractivity contribution in [2.45, 2.75) is 13.0 Å². The van der Waals surface area contributed by atoms with Crippen molar-refractivity contribution >= 4 is 48.7 Å². The molecule has 0 bridgehead atoms. The van der Waals surface area contributed by atoms with Crippen molar-refractivity contribution in [1.29, 1.82) is 0 Å². The minimum atomic E-state index is -3.23. The third-order valence-corrected chi connectivity index (χ3v) is 5.27. The van der Waals surface area contributed by atoms with Gasteiger partial charge in [-0.1, -0.05) is 0 Å². The van der Waals surface area contributed by atoms with E-state index in [0.717, 1.165) is 16.4 Å². The Hall–Kier alpha value is -1.05. The lowest BCUT2D eigenvalue weighted by atomic mass is 10.2. The summed E-state index contributed by atoms with van der Waals surface area (Å²) in [6.07, 6.45) is 1.13. The molecule has 0 radical (unpaired) electrons. The van der Waals surface area contributed by atoms with E-state index in [4.69, 9.17) is 0 Å². The molecular weight excluding hydrogens is 360 g/mol. The smallest absolute Gasteiger partial charge is 0.229 e. The zero-order valence-corrected chi connectivity index (χ0v) is 14.3. The fourth-order valence-electron chi connectivity index (χ4n) is 1.78. The van der Waals surface area contributed by atoms with E-state index in [2.05, 4.69) is 32.9 Å². The van der Waals surface area contributed by atoms with Crippen molar-refractivity contribution in [3.05, 3.63) is 45.1 Å². The van der Waals surface area contributed by atoms with Crippen molar-refractivity contribution in [1.82, 2.24) is 0 Å². The summed E-state index contributed by atoms with van der Waals surface area (Å²) in [6.45, 7) is 2.08. The van der Waals surface area contributed by atoms with Crippen LogP contribution in [0.4, 0.5) is 11.4 Å². The maximum Gasteiger partial charge on any atom is 0.229 e. The van der Waals surface area contributed by atoms with Gasteiger partial charge < -0.3 is 5.32 Å². The minimum absolute atomic E-state index is 0.179. The summed E-state index contributed by atoms with van der Waals surface area (Å²) < 4.78 is 25.8. The van der Waals surface area contributed by atoms with Crippen LogP contribution in [0.2, 0.25) is 0 Å². The second-order valence-corrected chi connectivity index (χ2v) is 8.00. The second-order valence-electron chi connectivity index (χ2n) is 4.45. The molecule has 108 valence electrons. The van der Waals surface area contributed by atoms with Gasteiger partial charge in [-0.2, -0.15) is 0 Å². The van der Waals surface area contributed by atoms with Gasteiger partial charge in [0.15, 0.2) is 0 Å². The Morgan fingerprint density at radius 3 is 2.25 bits per heavy atom. The molecule has 0 fully saturated rings. The Morgan fingerprint density at radius 1 is 1.15 bits per heavy atom. The molecule has 0 aliphatic heterocycles.